The van der Waals surface area contributed by atoms with Gasteiger partial charge < -0.3 is 4.90 Å². The summed E-state index contributed by atoms with van der Waals surface area (Å²) in [6.45, 7) is 7.58. The number of hydrogen-bond acceptors (Lipinski definition) is 1. The molecule has 0 fully saturated rings. The Morgan fingerprint density at radius 1 is 1.12 bits per heavy atom. The minimum atomic E-state index is 0.298. The highest BCUT2D eigenvalue weighted by atomic mass is 16.2. The van der Waals surface area contributed by atoms with Crippen LogP contribution in [0.4, 0.5) is 0 Å². The summed E-state index contributed by atoms with van der Waals surface area (Å²) >= 11 is 0. The predicted octanol–water partition coefficient (Wildman–Crippen LogP) is 4.24. The third-order valence-electron chi connectivity index (χ3n) is 3.53. The number of amides is 1. The molecule has 1 unspecified atom stereocenters. The molecule has 0 heterocycles. The minimum absolute atomic E-state index is 0.298. The molecule has 0 radical (unpaired) electrons. The van der Waals surface area contributed by atoms with Crippen molar-refractivity contribution in [1.82, 2.24) is 4.90 Å². The molecule has 0 N–H and O–H groups in total. The Labute approximate surface area is 108 Å². The Morgan fingerprint density at radius 3 is 2.35 bits per heavy atom. The van der Waals surface area contributed by atoms with Crippen LogP contribution in [0.3, 0.4) is 0 Å². The van der Waals surface area contributed by atoms with Gasteiger partial charge in [0.1, 0.15) is 0 Å². The summed E-state index contributed by atoms with van der Waals surface area (Å²) in [5.41, 5.74) is 0. The van der Waals surface area contributed by atoms with E-state index in [-0.39, 0.29) is 0 Å². The molecule has 1 atom stereocenters. The lowest BCUT2D eigenvalue weighted by atomic mass is 10.0. The lowest BCUT2D eigenvalue weighted by molar-refractivity contribution is -0.129. The maximum absolute atomic E-state index is 11.5. The third-order valence-corrected chi connectivity index (χ3v) is 3.53. The van der Waals surface area contributed by atoms with E-state index in [2.05, 4.69) is 20.8 Å². The highest BCUT2D eigenvalue weighted by Gasteiger charge is 2.06. The molecule has 0 aliphatic carbocycles. The average molecular weight is 241 g/mol. The zero-order chi connectivity index (χ0) is 13.1. The number of nitrogens with zero attached hydrogens (tertiary/aromatic N) is 1. The van der Waals surface area contributed by atoms with E-state index in [1.54, 1.807) is 0 Å². The zero-order valence-corrected chi connectivity index (χ0v) is 12.3. The van der Waals surface area contributed by atoms with E-state index in [4.69, 9.17) is 0 Å². The number of hydrogen-bond donors (Lipinski definition) is 0. The van der Waals surface area contributed by atoms with Crippen LogP contribution in [0.25, 0.3) is 0 Å². The van der Waals surface area contributed by atoms with Crippen LogP contribution in [-0.4, -0.2) is 24.4 Å². The van der Waals surface area contributed by atoms with Gasteiger partial charge in [0.2, 0.25) is 5.91 Å². The summed E-state index contributed by atoms with van der Waals surface area (Å²) in [6, 6.07) is 0. The van der Waals surface area contributed by atoms with Crippen molar-refractivity contribution in [3.8, 4) is 0 Å². The molecule has 2 heteroatoms. The largest absolute Gasteiger partial charge is 0.346 e. The monoisotopic (exact) mass is 241 g/mol. The second kappa shape index (κ2) is 10.6. The quantitative estimate of drug-likeness (QED) is 0.524. The third kappa shape index (κ3) is 9.20. The van der Waals surface area contributed by atoms with Gasteiger partial charge in [-0.25, -0.2) is 0 Å². The number of unbranched alkanes of at least 4 members (excludes halogenated alkanes) is 3. The van der Waals surface area contributed by atoms with Gasteiger partial charge in [0.15, 0.2) is 0 Å². The lowest BCUT2D eigenvalue weighted by Crippen LogP contribution is -2.27. The van der Waals surface area contributed by atoms with Crippen molar-refractivity contribution < 1.29 is 4.79 Å². The first-order valence-corrected chi connectivity index (χ1v) is 7.35. The second-order valence-corrected chi connectivity index (χ2v) is 5.28. The highest BCUT2D eigenvalue weighted by Crippen LogP contribution is 2.13. The van der Waals surface area contributed by atoms with Crippen LogP contribution in [0.15, 0.2) is 0 Å². The molecule has 0 aromatic heterocycles. The SMILES string of the molecule is CCCC(=O)N(C)CCCCCCC(C)CC. The van der Waals surface area contributed by atoms with Crippen LogP contribution < -0.4 is 0 Å². The topological polar surface area (TPSA) is 20.3 Å². The van der Waals surface area contributed by atoms with Crippen molar-refractivity contribution >= 4 is 5.91 Å². The molecule has 0 saturated heterocycles. The molecule has 0 aromatic rings. The smallest absolute Gasteiger partial charge is 0.222 e. The van der Waals surface area contributed by atoms with Gasteiger partial charge in [-0.3, -0.25) is 4.79 Å². The first-order valence-electron chi connectivity index (χ1n) is 7.35. The van der Waals surface area contributed by atoms with Crippen molar-refractivity contribution in [2.75, 3.05) is 13.6 Å². The minimum Gasteiger partial charge on any atom is -0.346 e. The Balaban J connectivity index is 3.36. The van der Waals surface area contributed by atoms with Crippen molar-refractivity contribution in [2.45, 2.75) is 72.1 Å². The lowest BCUT2D eigenvalue weighted by Gasteiger charge is -2.16. The van der Waals surface area contributed by atoms with E-state index < -0.39 is 0 Å². The molecule has 0 aliphatic rings. The maximum Gasteiger partial charge on any atom is 0.222 e. The van der Waals surface area contributed by atoms with Gasteiger partial charge in [-0.05, 0) is 18.8 Å². The fourth-order valence-electron chi connectivity index (χ4n) is 1.93. The van der Waals surface area contributed by atoms with Gasteiger partial charge in [-0.2, -0.15) is 0 Å². The fraction of sp³-hybridized carbons (Fsp3) is 0.933. The van der Waals surface area contributed by atoms with E-state index in [1.807, 2.05) is 11.9 Å². The first-order chi connectivity index (χ1) is 8.11. The van der Waals surface area contributed by atoms with E-state index in [0.717, 1.165) is 25.3 Å². The molecular weight excluding hydrogens is 210 g/mol. The molecule has 0 rings (SSSR count). The van der Waals surface area contributed by atoms with Crippen LogP contribution in [-0.2, 0) is 4.79 Å². The summed E-state index contributed by atoms with van der Waals surface area (Å²) in [5.74, 6) is 1.18. The molecule has 0 saturated carbocycles. The molecule has 1 amide bonds. The molecular formula is C15H31NO. The highest BCUT2D eigenvalue weighted by molar-refractivity contribution is 5.75. The summed E-state index contributed by atoms with van der Waals surface area (Å²) in [5, 5.41) is 0. The summed E-state index contributed by atoms with van der Waals surface area (Å²) < 4.78 is 0. The molecule has 0 bridgehead atoms. The summed E-state index contributed by atoms with van der Waals surface area (Å²) in [6.07, 6.45) is 9.41. The Morgan fingerprint density at radius 2 is 1.76 bits per heavy atom. The van der Waals surface area contributed by atoms with Crippen molar-refractivity contribution in [3.63, 3.8) is 0 Å². The zero-order valence-electron chi connectivity index (χ0n) is 12.3. The average Bonchev–Trinajstić information content (AvgIpc) is 2.33. The number of carbonyl (C=O) groups excluding carboxylic acids is 1. The molecule has 0 aromatic carbocycles. The van der Waals surface area contributed by atoms with Crippen LogP contribution in [0.1, 0.15) is 72.1 Å². The van der Waals surface area contributed by atoms with Gasteiger partial charge >= 0.3 is 0 Å². The van der Waals surface area contributed by atoms with Crippen LogP contribution in [0.5, 0.6) is 0 Å². The predicted molar refractivity (Wildman–Crippen MR) is 75.1 cm³/mol. The van der Waals surface area contributed by atoms with Crippen LogP contribution in [0.2, 0.25) is 0 Å². The number of carbonyl (C=O) groups is 1. The van der Waals surface area contributed by atoms with Gasteiger partial charge in [0.05, 0.1) is 0 Å². The van der Waals surface area contributed by atoms with Crippen LogP contribution >= 0.6 is 0 Å². The van der Waals surface area contributed by atoms with E-state index in [0.29, 0.717) is 12.3 Å². The van der Waals surface area contributed by atoms with E-state index in [9.17, 15) is 4.79 Å². The summed E-state index contributed by atoms with van der Waals surface area (Å²) in [7, 11) is 1.93. The van der Waals surface area contributed by atoms with E-state index >= 15 is 0 Å². The van der Waals surface area contributed by atoms with Gasteiger partial charge in [-0.1, -0.05) is 52.9 Å². The van der Waals surface area contributed by atoms with Crippen LogP contribution in [0, 0.1) is 5.92 Å². The Kier molecular flexibility index (Phi) is 10.3. The van der Waals surface area contributed by atoms with Gasteiger partial charge in [0, 0.05) is 20.0 Å². The molecule has 0 spiro atoms. The van der Waals surface area contributed by atoms with E-state index in [1.165, 1.54) is 32.1 Å². The second-order valence-electron chi connectivity index (χ2n) is 5.28. The van der Waals surface area contributed by atoms with Gasteiger partial charge in [-0.15, -0.1) is 0 Å². The first kappa shape index (κ1) is 16.5. The number of rotatable bonds is 10. The summed E-state index contributed by atoms with van der Waals surface area (Å²) in [4.78, 5) is 13.4. The Hall–Kier alpha value is -0.530. The van der Waals surface area contributed by atoms with Crippen molar-refractivity contribution in [2.24, 2.45) is 5.92 Å². The van der Waals surface area contributed by atoms with Crippen molar-refractivity contribution in [1.29, 1.82) is 0 Å². The molecule has 0 aliphatic heterocycles. The van der Waals surface area contributed by atoms with Gasteiger partial charge in [0.25, 0.3) is 0 Å². The fourth-order valence-corrected chi connectivity index (χ4v) is 1.93. The molecule has 2 nitrogen and oxygen atoms in total. The standard InChI is InChI=1S/C15H31NO/c1-5-11-15(17)16(4)13-10-8-7-9-12-14(3)6-2/h14H,5-13H2,1-4H3. The Bertz CT molecular complexity index is 191. The molecule has 17 heavy (non-hydrogen) atoms. The normalized spacial score (nSPS) is 12.5. The molecule has 102 valence electrons. The van der Waals surface area contributed by atoms with Crippen molar-refractivity contribution in [3.05, 3.63) is 0 Å². The maximum atomic E-state index is 11.5.